The van der Waals surface area contributed by atoms with E-state index in [1.807, 2.05) is 0 Å². The minimum atomic E-state index is -3.61. The molecule has 0 aliphatic rings. The first-order valence-corrected chi connectivity index (χ1v) is 9.82. The van der Waals surface area contributed by atoms with Crippen LogP contribution < -0.4 is 10.0 Å². The molecule has 0 fully saturated rings. The van der Waals surface area contributed by atoms with Gasteiger partial charge in [-0.2, -0.15) is 0 Å². The van der Waals surface area contributed by atoms with Gasteiger partial charge in [-0.15, -0.1) is 0 Å². The van der Waals surface area contributed by atoms with Crippen LogP contribution in [0.5, 0.6) is 0 Å². The van der Waals surface area contributed by atoms with E-state index in [4.69, 9.17) is 16.3 Å². The molecule has 0 aliphatic carbocycles. The largest absolute Gasteiger partial charge is 0.449 e. The van der Waals surface area contributed by atoms with Crippen LogP contribution in [0.2, 0.25) is 5.15 Å². The molecule has 2 N–H and O–H groups in total. The first-order chi connectivity index (χ1) is 12.7. The van der Waals surface area contributed by atoms with E-state index in [2.05, 4.69) is 15.0 Å². The maximum Gasteiger partial charge on any atom is 0.338 e. The molecule has 8 nitrogen and oxygen atoms in total. The number of carbonyl (C=O) groups excluding carboxylic acids is 2. The highest BCUT2D eigenvalue weighted by Crippen LogP contribution is 2.18. The predicted octanol–water partition coefficient (Wildman–Crippen LogP) is 2.22. The fourth-order valence-corrected chi connectivity index (χ4v) is 3.25. The summed E-state index contributed by atoms with van der Waals surface area (Å²) in [6.07, 6.45) is 0.375. The standard InChI is InChI=1S/C17H18ClN3O5S/c1-3-20-27(24,25)13-8-6-12(7-9-13)17(23)26-11(2)16(22)21-14-5-4-10-19-15(14)18/h4-11,20H,3H2,1-2H3,(H,21,22). The van der Waals surface area contributed by atoms with Crippen LogP contribution in [-0.2, 0) is 19.6 Å². The van der Waals surface area contributed by atoms with Gasteiger partial charge in [0.1, 0.15) is 0 Å². The fraction of sp³-hybridized carbons (Fsp3) is 0.235. The average molecular weight is 412 g/mol. The summed E-state index contributed by atoms with van der Waals surface area (Å²) in [5.41, 5.74) is 0.412. The zero-order valence-corrected chi connectivity index (χ0v) is 16.2. The lowest BCUT2D eigenvalue weighted by molar-refractivity contribution is -0.123. The molecule has 1 heterocycles. The number of rotatable bonds is 7. The Labute approximate surface area is 161 Å². The predicted molar refractivity (Wildman–Crippen MR) is 100 cm³/mol. The van der Waals surface area contributed by atoms with Gasteiger partial charge < -0.3 is 10.1 Å². The van der Waals surface area contributed by atoms with E-state index < -0.39 is 28.0 Å². The number of aromatic nitrogens is 1. The number of amides is 1. The third-order valence-corrected chi connectivity index (χ3v) is 5.27. The van der Waals surface area contributed by atoms with Gasteiger partial charge in [0.05, 0.1) is 16.1 Å². The second-order valence-corrected chi connectivity index (χ2v) is 7.53. The minimum Gasteiger partial charge on any atom is -0.449 e. The van der Waals surface area contributed by atoms with Crippen LogP contribution in [0.15, 0.2) is 47.5 Å². The molecule has 0 saturated heterocycles. The highest BCUT2D eigenvalue weighted by molar-refractivity contribution is 7.89. The van der Waals surface area contributed by atoms with Gasteiger partial charge in [-0.25, -0.2) is 22.9 Å². The van der Waals surface area contributed by atoms with Crippen LogP contribution in [-0.4, -0.2) is 37.9 Å². The van der Waals surface area contributed by atoms with Crippen LogP contribution >= 0.6 is 11.6 Å². The van der Waals surface area contributed by atoms with Crippen LogP contribution in [0.4, 0.5) is 5.69 Å². The highest BCUT2D eigenvalue weighted by atomic mass is 35.5. The van der Waals surface area contributed by atoms with Crippen molar-refractivity contribution in [3.05, 3.63) is 53.3 Å². The SMILES string of the molecule is CCNS(=O)(=O)c1ccc(C(=O)OC(C)C(=O)Nc2cccnc2Cl)cc1. The van der Waals surface area contributed by atoms with E-state index in [1.165, 1.54) is 37.4 Å². The molecule has 1 atom stereocenters. The first-order valence-electron chi connectivity index (χ1n) is 7.96. The zero-order valence-electron chi connectivity index (χ0n) is 14.6. The van der Waals surface area contributed by atoms with Crippen LogP contribution in [0, 0.1) is 0 Å². The van der Waals surface area contributed by atoms with Gasteiger partial charge in [-0.3, -0.25) is 4.79 Å². The van der Waals surface area contributed by atoms with Crippen LogP contribution in [0.3, 0.4) is 0 Å². The van der Waals surface area contributed by atoms with Crippen molar-refractivity contribution >= 4 is 39.2 Å². The Morgan fingerprint density at radius 2 is 1.89 bits per heavy atom. The second-order valence-electron chi connectivity index (χ2n) is 5.40. The van der Waals surface area contributed by atoms with E-state index in [9.17, 15) is 18.0 Å². The normalized spacial score (nSPS) is 12.3. The molecule has 0 spiro atoms. The number of hydrogen-bond donors (Lipinski definition) is 2. The summed E-state index contributed by atoms with van der Waals surface area (Å²) in [6.45, 7) is 3.32. The molecule has 144 valence electrons. The number of hydrogen-bond acceptors (Lipinski definition) is 6. The number of pyridine rings is 1. The number of nitrogens with one attached hydrogen (secondary N) is 2. The van der Waals surface area contributed by atoms with Crippen molar-refractivity contribution in [1.29, 1.82) is 0 Å². The van der Waals surface area contributed by atoms with Crippen LogP contribution in [0.25, 0.3) is 0 Å². The van der Waals surface area contributed by atoms with Gasteiger partial charge in [0.2, 0.25) is 10.0 Å². The molecule has 10 heteroatoms. The van der Waals surface area contributed by atoms with E-state index in [0.717, 1.165) is 0 Å². The van der Waals surface area contributed by atoms with Gasteiger partial charge in [-0.1, -0.05) is 18.5 Å². The number of halogens is 1. The van der Waals surface area contributed by atoms with Crippen LogP contribution in [0.1, 0.15) is 24.2 Å². The Morgan fingerprint density at radius 1 is 1.22 bits per heavy atom. The molecule has 1 aromatic carbocycles. The molecule has 0 bridgehead atoms. The van der Waals surface area contributed by atoms with Crippen molar-refractivity contribution in [1.82, 2.24) is 9.71 Å². The monoisotopic (exact) mass is 411 g/mol. The van der Waals surface area contributed by atoms with Crippen molar-refractivity contribution in [3.63, 3.8) is 0 Å². The molecule has 0 aliphatic heterocycles. The van der Waals surface area contributed by atoms with E-state index in [-0.39, 0.29) is 22.2 Å². The molecular formula is C17H18ClN3O5S. The molecular weight excluding hydrogens is 394 g/mol. The minimum absolute atomic E-state index is 0.0258. The number of ether oxygens (including phenoxy) is 1. The van der Waals surface area contributed by atoms with Crippen molar-refractivity contribution in [2.45, 2.75) is 24.8 Å². The number of benzene rings is 1. The Hall–Kier alpha value is -2.49. The Bertz CT molecular complexity index is 932. The average Bonchev–Trinajstić information content (AvgIpc) is 2.63. The summed E-state index contributed by atoms with van der Waals surface area (Å²) >= 11 is 5.86. The smallest absolute Gasteiger partial charge is 0.338 e. The van der Waals surface area contributed by atoms with Gasteiger partial charge in [0.15, 0.2) is 11.3 Å². The first kappa shape index (κ1) is 20.8. The highest BCUT2D eigenvalue weighted by Gasteiger charge is 2.21. The number of esters is 1. The third-order valence-electron chi connectivity index (χ3n) is 3.40. The number of carbonyl (C=O) groups is 2. The summed E-state index contributed by atoms with van der Waals surface area (Å²) in [6, 6.07) is 8.36. The quantitative estimate of drug-likeness (QED) is 0.533. The summed E-state index contributed by atoms with van der Waals surface area (Å²) in [4.78, 5) is 28.1. The summed E-state index contributed by atoms with van der Waals surface area (Å²) in [5.74, 6) is -1.34. The molecule has 0 radical (unpaired) electrons. The Morgan fingerprint density at radius 3 is 2.48 bits per heavy atom. The molecule has 27 heavy (non-hydrogen) atoms. The van der Waals surface area contributed by atoms with Gasteiger partial charge in [0, 0.05) is 12.7 Å². The Kier molecular flexibility index (Phi) is 6.89. The van der Waals surface area contributed by atoms with Gasteiger partial charge in [0.25, 0.3) is 5.91 Å². The van der Waals surface area contributed by atoms with E-state index in [0.29, 0.717) is 5.69 Å². The summed E-state index contributed by atoms with van der Waals surface area (Å²) in [5, 5.41) is 2.62. The summed E-state index contributed by atoms with van der Waals surface area (Å²) in [7, 11) is -3.61. The molecule has 1 amide bonds. The van der Waals surface area contributed by atoms with Gasteiger partial charge in [-0.05, 0) is 43.3 Å². The van der Waals surface area contributed by atoms with E-state index in [1.54, 1.807) is 19.1 Å². The van der Waals surface area contributed by atoms with Gasteiger partial charge >= 0.3 is 5.97 Å². The summed E-state index contributed by atoms with van der Waals surface area (Å²) < 4.78 is 31.2. The maximum atomic E-state index is 12.2. The zero-order chi connectivity index (χ0) is 20.0. The number of nitrogens with zero attached hydrogens (tertiary/aromatic N) is 1. The second kappa shape index (κ2) is 8.94. The number of sulfonamides is 1. The van der Waals surface area contributed by atoms with E-state index >= 15 is 0 Å². The lowest BCUT2D eigenvalue weighted by Crippen LogP contribution is -2.30. The fourth-order valence-electron chi connectivity index (χ4n) is 2.04. The van der Waals surface area contributed by atoms with Crippen molar-refractivity contribution < 1.29 is 22.7 Å². The van der Waals surface area contributed by atoms with Crippen molar-refractivity contribution in [3.8, 4) is 0 Å². The molecule has 1 unspecified atom stereocenters. The molecule has 1 aromatic heterocycles. The maximum absolute atomic E-state index is 12.2. The molecule has 2 rings (SSSR count). The van der Waals surface area contributed by atoms with Crippen molar-refractivity contribution in [2.75, 3.05) is 11.9 Å². The lowest BCUT2D eigenvalue weighted by atomic mass is 10.2. The Balaban J connectivity index is 2.01. The molecule has 2 aromatic rings. The molecule has 0 saturated carbocycles. The third kappa shape index (κ3) is 5.49. The lowest BCUT2D eigenvalue weighted by Gasteiger charge is -2.14. The van der Waals surface area contributed by atoms with Crippen molar-refractivity contribution in [2.24, 2.45) is 0 Å². The topological polar surface area (TPSA) is 114 Å². The number of anilines is 1.